The van der Waals surface area contributed by atoms with E-state index in [1.54, 1.807) is 0 Å². The summed E-state index contributed by atoms with van der Waals surface area (Å²) in [6.07, 6.45) is -3.27. The van der Waals surface area contributed by atoms with E-state index in [-0.39, 0.29) is 10.5 Å². The molecule has 1 N–H and O–H groups in total. The molecule has 114 valence electrons. The quantitative estimate of drug-likeness (QED) is 0.875. The Morgan fingerprint density at radius 1 is 1.50 bits per heavy atom. The van der Waals surface area contributed by atoms with E-state index in [0.717, 1.165) is 0 Å². The highest BCUT2D eigenvalue weighted by atomic mass is 79.9. The lowest BCUT2D eigenvalue weighted by molar-refractivity contribution is -0.143. The summed E-state index contributed by atoms with van der Waals surface area (Å²) in [4.78, 5) is 13.7. The minimum atomic E-state index is -4.48. The summed E-state index contributed by atoms with van der Waals surface area (Å²) in [5.74, 6) is 0. The van der Waals surface area contributed by atoms with Crippen molar-refractivity contribution in [3.05, 3.63) is 21.0 Å². The van der Waals surface area contributed by atoms with Gasteiger partial charge < -0.3 is 10.2 Å². The van der Waals surface area contributed by atoms with Gasteiger partial charge in [-0.25, -0.2) is 4.68 Å². The van der Waals surface area contributed by atoms with Crippen LogP contribution in [-0.2, 0) is 6.54 Å². The highest BCUT2D eigenvalue weighted by Gasteiger charge is 2.29. The Balaban J connectivity index is 2.87. The van der Waals surface area contributed by atoms with E-state index in [4.69, 9.17) is 0 Å². The number of hydrogen-bond acceptors (Lipinski definition) is 4. The maximum Gasteiger partial charge on any atom is 0.408 e. The largest absolute Gasteiger partial charge is 0.408 e. The normalized spacial score (nSPS) is 13.6. The number of alkyl halides is 3. The average Bonchev–Trinajstić information content (AvgIpc) is 2.32. The molecule has 0 amide bonds. The van der Waals surface area contributed by atoms with Gasteiger partial charge in [-0.3, -0.25) is 4.79 Å². The molecule has 0 bridgehead atoms. The molecule has 0 aromatic carbocycles. The van der Waals surface area contributed by atoms with Crippen LogP contribution in [0.1, 0.15) is 6.92 Å². The van der Waals surface area contributed by atoms with Crippen molar-refractivity contribution in [2.75, 3.05) is 26.0 Å². The van der Waals surface area contributed by atoms with Crippen LogP contribution in [0.25, 0.3) is 0 Å². The van der Waals surface area contributed by atoms with E-state index < -0.39 is 18.3 Å². The topological polar surface area (TPSA) is 50.2 Å². The fourth-order valence-electron chi connectivity index (χ4n) is 1.31. The zero-order chi connectivity index (χ0) is 15.5. The second-order valence-corrected chi connectivity index (χ2v) is 5.44. The highest BCUT2D eigenvalue weighted by molar-refractivity contribution is 9.10. The molecule has 0 radical (unpaired) electrons. The summed E-state index contributed by atoms with van der Waals surface area (Å²) in [5, 5.41) is 6.50. The van der Waals surface area contributed by atoms with Crippen molar-refractivity contribution in [3.8, 4) is 0 Å². The van der Waals surface area contributed by atoms with E-state index in [1.807, 2.05) is 25.9 Å². The monoisotopic (exact) mass is 356 g/mol. The number of likely N-dealkylation sites (N-methyl/N-ethyl adjacent to an activating group) is 1. The van der Waals surface area contributed by atoms with Crippen molar-refractivity contribution in [1.82, 2.24) is 14.7 Å². The fourth-order valence-corrected chi connectivity index (χ4v) is 1.76. The molecule has 5 nitrogen and oxygen atoms in total. The predicted molar refractivity (Wildman–Crippen MR) is 73.9 cm³/mol. The molecule has 0 aliphatic rings. The van der Waals surface area contributed by atoms with Crippen LogP contribution in [0.3, 0.4) is 0 Å². The van der Waals surface area contributed by atoms with Gasteiger partial charge in [-0.2, -0.15) is 18.3 Å². The lowest BCUT2D eigenvalue weighted by Crippen LogP contribution is -2.33. The Bertz CT molecular complexity index is 515. The summed E-state index contributed by atoms with van der Waals surface area (Å²) in [5.41, 5.74) is -0.438. The van der Waals surface area contributed by atoms with Crippen LogP contribution >= 0.6 is 15.9 Å². The molecule has 1 aromatic rings. The van der Waals surface area contributed by atoms with Crippen LogP contribution in [0.15, 0.2) is 15.5 Å². The number of rotatable bonds is 5. The van der Waals surface area contributed by atoms with Crippen molar-refractivity contribution < 1.29 is 13.2 Å². The van der Waals surface area contributed by atoms with Crippen molar-refractivity contribution in [3.63, 3.8) is 0 Å². The minimum absolute atomic E-state index is 0.0442. The van der Waals surface area contributed by atoms with Gasteiger partial charge >= 0.3 is 6.18 Å². The molecule has 20 heavy (non-hydrogen) atoms. The number of halogens is 4. The van der Waals surface area contributed by atoms with Gasteiger partial charge in [0.25, 0.3) is 5.56 Å². The van der Waals surface area contributed by atoms with E-state index in [9.17, 15) is 18.0 Å². The molecule has 0 aliphatic heterocycles. The number of aromatic nitrogens is 2. The first kappa shape index (κ1) is 17.0. The number of nitrogens with zero attached hydrogens (tertiary/aromatic N) is 3. The Hall–Kier alpha value is -1.09. The van der Waals surface area contributed by atoms with Gasteiger partial charge in [-0.05, 0) is 36.9 Å². The lowest BCUT2D eigenvalue weighted by atomic mass is 10.3. The third kappa shape index (κ3) is 4.78. The molecule has 0 saturated carbocycles. The number of nitrogens with one attached hydrogen (secondary N) is 1. The van der Waals surface area contributed by atoms with E-state index in [2.05, 4.69) is 26.3 Å². The van der Waals surface area contributed by atoms with E-state index in [0.29, 0.717) is 16.9 Å². The van der Waals surface area contributed by atoms with Crippen LogP contribution in [0.4, 0.5) is 18.9 Å². The molecule has 0 fully saturated rings. The second-order valence-electron chi connectivity index (χ2n) is 4.64. The fraction of sp³-hybridized carbons (Fsp3) is 0.636. The van der Waals surface area contributed by atoms with Gasteiger partial charge in [0.1, 0.15) is 11.0 Å². The Morgan fingerprint density at radius 2 is 2.10 bits per heavy atom. The van der Waals surface area contributed by atoms with Gasteiger partial charge in [0, 0.05) is 12.6 Å². The standard InChI is InChI=1S/C11H16BrF3N4O/c1-7(18(2)3)4-16-8-5-17-19(6-11(13,14)15)10(20)9(8)12/h5,7,16H,4,6H2,1-3H3. The van der Waals surface area contributed by atoms with Crippen molar-refractivity contribution in [2.45, 2.75) is 25.7 Å². The van der Waals surface area contributed by atoms with Crippen LogP contribution in [0, 0.1) is 0 Å². The maximum absolute atomic E-state index is 12.3. The summed E-state index contributed by atoms with van der Waals surface area (Å²) >= 11 is 3.01. The van der Waals surface area contributed by atoms with Gasteiger partial charge in [0.15, 0.2) is 0 Å². The maximum atomic E-state index is 12.3. The predicted octanol–water partition coefficient (Wildman–Crippen LogP) is 1.93. The molecule has 1 heterocycles. The number of hydrogen-bond donors (Lipinski definition) is 1. The third-order valence-electron chi connectivity index (χ3n) is 2.78. The molecule has 0 saturated heterocycles. The van der Waals surface area contributed by atoms with Gasteiger partial charge in [0.2, 0.25) is 0 Å². The first-order valence-electron chi connectivity index (χ1n) is 5.84. The Labute approximate surface area is 122 Å². The third-order valence-corrected chi connectivity index (χ3v) is 3.55. The second kappa shape index (κ2) is 6.57. The van der Waals surface area contributed by atoms with Crippen molar-refractivity contribution in [2.24, 2.45) is 0 Å². The highest BCUT2D eigenvalue weighted by Crippen LogP contribution is 2.19. The molecular formula is C11H16BrF3N4O. The molecule has 1 rings (SSSR count). The summed E-state index contributed by atoms with van der Waals surface area (Å²) < 4.78 is 37.2. The molecular weight excluding hydrogens is 341 g/mol. The zero-order valence-corrected chi connectivity index (χ0v) is 12.9. The number of anilines is 1. The van der Waals surface area contributed by atoms with Gasteiger partial charge in [0.05, 0.1) is 11.9 Å². The first-order valence-corrected chi connectivity index (χ1v) is 6.64. The average molecular weight is 357 g/mol. The molecule has 1 aromatic heterocycles. The van der Waals surface area contributed by atoms with E-state index >= 15 is 0 Å². The Kier molecular flexibility index (Phi) is 5.58. The molecule has 1 atom stereocenters. The van der Waals surface area contributed by atoms with Crippen molar-refractivity contribution >= 4 is 21.6 Å². The minimum Gasteiger partial charge on any atom is -0.381 e. The SMILES string of the molecule is CC(CNc1cnn(CC(F)(F)F)c(=O)c1Br)N(C)C. The molecule has 0 spiro atoms. The molecule has 9 heteroatoms. The van der Waals surface area contributed by atoms with Crippen LogP contribution in [0.2, 0.25) is 0 Å². The molecule has 1 unspecified atom stereocenters. The first-order chi connectivity index (χ1) is 9.11. The summed E-state index contributed by atoms with van der Waals surface area (Å²) in [7, 11) is 3.81. The summed E-state index contributed by atoms with van der Waals surface area (Å²) in [6.45, 7) is 1.11. The van der Waals surface area contributed by atoms with Crippen LogP contribution in [0.5, 0.6) is 0 Å². The van der Waals surface area contributed by atoms with Crippen LogP contribution < -0.4 is 10.9 Å². The van der Waals surface area contributed by atoms with Gasteiger partial charge in [-0.1, -0.05) is 0 Å². The van der Waals surface area contributed by atoms with Crippen molar-refractivity contribution in [1.29, 1.82) is 0 Å². The zero-order valence-electron chi connectivity index (χ0n) is 11.3. The lowest BCUT2D eigenvalue weighted by Gasteiger charge is -2.21. The summed E-state index contributed by atoms with van der Waals surface area (Å²) in [6, 6.07) is 0.194. The van der Waals surface area contributed by atoms with Crippen LogP contribution in [-0.4, -0.2) is 47.5 Å². The smallest absolute Gasteiger partial charge is 0.381 e. The molecule has 0 aliphatic carbocycles. The van der Waals surface area contributed by atoms with E-state index in [1.165, 1.54) is 6.20 Å². The van der Waals surface area contributed by atoms with Gasteiger partial charge in [-0.15, -0.1) is 0 Å². The Morgan fingerprint density at radius 3 is 2.60 bits per heavy atom.